The van der Waals surface area contributed by atoms with Gasteiger partial charge in [-0.2, -0.15) is 0 Å². The fourth-order valence-corrected chi connectivity index (χ4v) is 2.18. The molecule has 0 fully saturated rings. The van der Waals surface area contributed by atoms with Gasteiger partial charge in [0, 0.05) is 24.0 Å². The molecule has 0 saturated heterocycles. The normalized spacial score (nSPS) is 10.4. The van der Waals surface area contributed by atoms with Gasteiger partial charge >= 0.3 is 0 Å². The molecule has 0 aromatic carbocycles. The Morgan fingerprint density at radius 3 is 2.76 bits per heavy atom. The van der Waals surface area contributed by atoms with Crippen molar-refractivity contribution in [1.29, 1.82) is 0 Å². The zero-order valence-electron chi connectivity index (χ0n) is 9.60. The Morgan fingerprint density at radius 1 is 1.29 bits per heavy atom. The molecule has 5 N–H and O–H groups in total. The standard InChI is InChI=1S/C11H15N5S/c1-7-6-17-10(15-7)4-5-14-9-3-2-8(12)11(13)16-9/h2-3,6H,4-5,12H2,1H3,(H3,13,14,16). The highest BCUT2D eigenvalue weighted by Crippen LogP contribution is 2.15. The van der Waals surface area contributed by atoms with E-state index in [1.54, 1.807) is 17.4 Å². The van der Waals surface area contributed by atoms with E-state index in [1.165, 1.54) is 0 Å². The minimum atomic E-state index is 0.361. The predicted octanol–water partition coefficient (Wildman–Crippen LogP) is 1.67. The van der Waals surface area contributed by atoms with Gasteiger partial charge in [-0.15, -0.1) is 11.3 Å². The number of nitrogens with one attached hydrogen (secondary N) is 1. The number of thiazole rings is 1. The van der Waals surface area contributed by atoms with Gasteiger partial charge in [0.25, 0.3) is 0 Å². The van der Waals surface area contributed by atoms with Gasteiger partial charge in [-0.3, -0.25) is 0 Å². The van der Waals surface area contributed by atoms with Crippen molar-refractivity contribution in [2.24, 2.45) is 0 Å². The minimum Gasteiger partial charge on any atom is -0.396 e. The van der Waals surface area contributed by atoms with Crippen LogP contribution in [0.3, 0.4) is 0 Å². The van der Waals surface area contributed by atoms with E-state index in [4.69, 9.17) is 11.5 Å². The first-order valence-corrected chi connectivity index (χ1v) is 6.20. The van der Waals surface area contributed by atoms with E-state index in [2.05, 4.69) is 20.7 Å². The summed E-state index contributed by atoms with van der Waals surface area (Å²) in [5.74, 6) is 1.10. The number of pyridine rings is 1. The highest BCUT2D eigenvalue weighted by molar-refractivity contribution is 7.09. The zero-order valence-corrected chi connectivity index (χ0v) is 10.4. The molecule has 0 bridgehead atoms. The van der Waals surface area contributed by atoms with Crippen LogP contribution in [0.2, 0.25) is 0 Å². The van der Waals surface area contributed by atoms with Crippen LogP contribution in [0.4, 0.5) is 17.3 Å². The molecule has 0 amide bonds. The SMILES string of the molecule is Cc1csc(CCNc2ccc(N)c(N)n2)n1. The number of aromatic nitrogens is 2. The first kappa shape index (κ1) is 11.7. The molecule has 0 spiro atoms. The molecule has 2 heterocycles. The molecular formula is C11H15N5S. The summed E-state index contributed by atoms with van der Waals surface area (Å²) in [5.41, 5.74) is 12.8. The Balaban J connectivity index is 1.87. The molecule has 17 heavy (non-hydrogen) atoms. The van der Waals surface area contributed by atoms with Crippen LogP contribution < -0.4 is 16.8 Å². The van der Waals surface area contributed by atoms with E-state index >= 15 is 0 Å². The molecule has 90 valence electrons. The highest BCUT2D eigenvalue weighted by Gasteiger charge is 2.01. The lowest BCUT2D eigenvalue weighted by atomic mass is 10.3. The third-order valence-electron chi connectivity index (χ3n) is 2.27. The first-order chi connectivity index (χ1) is 8.15. The van der Waals surface area contributed by atoms with Crippen molar-refractivity contribution >= 4 is 28.7 Å². The molecule has 0 aliphatic heterocycles. The Kier molecular flexibility index (Phi) is 3.43. The number of nitrogens with zero attached hydrogens (tertiary/aromatic N) is 2. The average molecular weight is 249 g/mol. The smallest absolute Gasteiger partial charge is 0.149 e. The summed E-state index contributed by atoms with van der Waals surface area (Å²) >= 11 is 1.67. The molecule has 0 atom stereocenters. The first-order valence-electron chi connectivity index (χ1n) is 5.32. The molecule has 0 radical (unpaired) electrons. The van der Waals surface area contributed by atoms with Gasteiger partial charge in [0.05, 0.1) is 10.7 Å². The second-order valence-electron chi connectivity index (χ2n) is 3.73. The third-order valence-corrected chi connectivity index (χ3v) is 3.30. The van der Waals surface area contributed by atoms with E-state index in [-0.39, 0.29) is 0 Å². The summed E-state index contributed by atoms with van der Waals surface area (Å²) in [6.07, 6.45) is 0.879. The lowest BCUT2D eigenvalue weighted by Gasteiger charge is -2.06. The number of hydrogen-bond donors (Lipinski definition) is 3. The van der Waals surface area contributed by atoms with Crippen LogP contribution in [0.25, 0.3) is 0 Å². The number of nitrogens with two attached hydrogens (primary N) is 2. The van der Waals surface area contributed by atoms with Gasteiger partial charge in [0.15, 0.2) is 0 Å². The van der Waals surface area contributed by atoms with E-state index < -0.39 is 0 Å². The van der Waals surface area contributed by atoms with Crippen LogP contribution in [0.1, 0.15) is 10.7 Å². The van der Waals surface area contributed by atoms with Crippen molar-refractivity contribution < 1.29 is 0 Å². The Labute approximate surface area is 104 Å². The number of aryl methyl sites for hydroxylation is 1. The van der Waals surface area contributed by atoms with Crippen LogP contribution in [-0.2, 0) is 6.42 Å². The van der Waals surface area contributed by atoms with Gasteiger partial charge in [-0.1, -0.05) is 0 Å². The summed E-state index contributed by atoms with van der Waals surface area (Å²) < 4.78 is 0. The fraction of sp³-hybridized carbons (Fsp3) is 0.273. The van der Waals surface area contributed by atoms with E-state index in [0.29, 0.717) is 11.5 Å². The van der Waals surface area contributed by atoms with Gasteiger partial charge in [-0.05, 0) is 19.1 Å². The lowest BCUT2D eigenvalue weighted by Crippen LogP contribution is -2.08. The predicted molar refractivity (Wildman–Crippen MR) is 72.1 cm³/mol. The van der Waals surface area contributed by atoms with E-state index in [0.717, 1.165) is 29.5 Å². The van der Waals surface area contributed by atoms with Gasteiger partial charge in [0.2, 0.25) is 0 Å². The van der Waals surface area contributed by atoms with Gasteiger partial charge in [-0.25, -0.2) is 9.97 Å². The van der Waals surface area contributed by atoms with Crippen LogP contribution in [0.15, 0.2) is 17.5 Å². The largest absolute Gasteiger partial charge is 0.396 e. The topological polar surface area (TPSA) is 89.8 Å². The number of rotatable bonds is 4. The lowest BCUT2D eigenvalue weighted by molar-refractivity contribution is 0.979. The Bertz CT molecular complexity index is 508. The Hall–Kier alpha value is -1.82. The summed E-state index contributed by atoms with van der Waals surface area (Å²) in [6, 6.07) is 3.57. The number of nitrogen functional groups attached to an aromatic ring is 2. The maximum Gasteiger partial charge on any atom is 0.149 e. The molecule has 5 nitrogen and oxygen atoms in total. The molecular weight excluding hydrogens is 234 g/mol. The minimum absolute atomic E-state index is 0.361. The maximum atomic E-state index is 5.62. The highest BCUT2D eigenvalue weighted by atomic mass is 32.1. The van der Waals surface area contributed by atoms with Crippen LogP contribution in [0.5, 0.6) is 0 Å². The fourth-order valence-electron chi connectivity index (χ4n) is 1.40. The molecule has 0 aliphatic rings. The van der Waals surface area contributed by atoms with Crippen LogP contribution >= 0.6 is 11.3 Å². The van der Waals surface area contributed by atoms with Crippen molar-refractivity contribution in [3.8, 4) is 0 Å². The third kappa shape index (κ3) is 3.07. The van der Waals surface area contributed by atoms with Gasteiger partial charge in [0.1, 0.15) is 11.6 Å². The monoisotopic (exact) mass is 249 g/mol. The molecule has 6 heteroatoms. The molecule has 2 rings (SSSR count). The van der Waals surface area contributed by atoms with E-state index in [1.807, 2.05) is 13.0 Å². The summed E-state index contributed by atoms with van der Waals surface area (Å²) in [5, 5.41) is 6.36. The average Bonchev–Trinajstić information content (AvgIpc) is 2.70. The molecule has 0 unspecified atom stereocenters. The summed E-state index contributed by atoms with van der Waals surface area (Å²) in [6.45, 7) is 2.78. The Morgan fingerprint density at radius 2 is 2.12 bits per heavy atom. The van der Waals surface area contributed by atoms with Crippen LogP contribution in [0, 0.1) is 6.92 Å². The van der Waals surface area contributed by atoms with Crippen molar-refractivity contribution in [2.75, 3.05) is 23.3 Å². The van der Waals surface area contributed by atoms with Crippen molar-refractivity contribution in [2.45, 2.75) is 13.3 Å². The van der Waals surface area contributed by atoms with Crippen LogP contribution in [-0.4, -0.2) is 16.5 Å². The zero-order chi connectivity index (χ0) is 12.3. The quantitative estimate of drug-likeness (QED) is 0.766. The second-order valence-corrected chi connectivity index (χ2v) is 4.67. The molecule has 2 aromatic rings. The summed E-state index contributed by atoms with van der Waals surface area (Å²) in [7, 11) is 0. The van der Waals surface area contributed by atoms with Crippen molar-refractivity contribution in [3.05, 3.63) is 28.2 Å². The molecule has 2 aromatic heterocycles. The summed E-state index contributed by atoms with van der Waals surface area (Å²) in [4.78, 5) is 8.52. The van der Waals surface area contributed by atoms with Crippen molar-refractivity contribution in [3.63, 3.8) is 0 Å². The number of anilines is 3. The maximum absolute atomic E-state index is 5.62. The molecule has 0 saturated carbocycles. The second kappa shape index (κ2) is 5.01. The van der Waals surface area contributed by atoms with E-state index in [9.17, 15) is 0 Å². The molecule has 0 aliphatic carbocycles. The van der Waals surface area contributed by atoms with Crippen molar-refractivity contribution in [1.82, 2.24) is 9.97 Å². The van der Waals surface area contributed by atoms with Gasteiger partial charge < -0.3 is 16.8 Å². The number of hydrogen-bond acceptors (Lipinski definition) is 6.